The van der Waals surface area contributed by atoms with Crippen LogP contribution in [0.25, 0.3) is 0 Å². The topological polar surface area (TPSA) is 0 Å². The molecule has 4 aliphatic carbocycles. The second-order valence-corrected chi connectivity index (χ2v) is 8.77. The van der Waals surface area contributed by atoms with Crippen molar-refractivity contribution in [3.8, 4) is 0 Å². The maximum atomic E-state index is 3.97. The highest BCUT2D eigenvalue weighted by atomic mass is 14.6. The Morgan fingerprint density at radius 2 is 1.91 bits per heavy atom. The van der Waals surface area contributed by atoms with Gasteiger partial charge >= 0.3 is 0 Å². The minimum absolute atomic E-state index is 0.619. The van der Waals surface area contributed by atoms with Crippen molar-refractivity contribution in [1.82, 2.24) is 0 Å². The third-order valence-electron chi connectivity index (χ3n) is 6.51. The summed E-state index contributed by atoms with van der Waals surface area (Å²) in [6.07, 6.45) is 11.5. The van der Waals surface area contributed by atoms with Gasteiger partial charge in [0.1, 0.15) is 0 Å². The number of rotatable bonds is 2. The van der Waals surface area contributed by atoms with E-state index in [9.17, 15) is 0 Å². The summed E-state index contributed by atoms with van der Waals surface area (Å²) in [6.45, 7) is 17.9. The van der Waals surface area contributed by atoms with E-state index in [-0.39, 0.29) is 0 Å². The predicted molar refractivity (Wildman–Crippen MR) is 98.8 cm³/mol. The molecule has 0 N–H and O–H groups in total. The van der Waals surface area contributed by atoms with Gasteiger partial charge in [-0.2, -0.15) is 0 Å². The van der Waals surface area contributed by atoms with Crippen molar-refractivity contribution in [2.75, 3.05) is 0 Å². The zero-order chi connectivity index (χ0) is 16.5. The number of hydrogen-bond acceptors (Lipinski definition) is 0. The summed E-state index contributed by atoms with van der Waals surface area (Å²) in [5.74, 6) is 3.44. The first-order valence-corrected chi connectivity index (χ1v) is 9.24. The average Bonchev–Trinajstić information content (AvgIpc) is 2.48. The SMILES string of the molecule is C=C(C)C1CC=C(C)CC1.CC(C)C1=CCC2CC1C2(C)C. The van der Waals surface area contributed by atoms with Crippen LogP contribution in [0.4, 0.5) is 0 Å². The molecule has 1 saturated carbocycles. The third kappa shape index (κ3) is 3.58. The Morgan fingerprint density at radius 3 is 2.27 bits per heavy atom. The summed E-state index contributed by atoms with van der Waals surface area (Å²) in [4.78, 5) is 0. The molecule has 0 aliphatic heterocycles. The van der Waals surface area contributed by atoms with Gasteiger partial charge in [0.05, 0.1) is 0 Å². The highest BCUT2D eigenvalue weighted by Gasteiger charge is 2.51. The van der Waals surface area contributed by atoms with Crippen molar-refractivity contribution in [3.63, 3.8) is 0 Å². The molecular weight excluding hydrogens is 264 g/mol. The van der Waals surface area contributed by atoms with E-state index in [0.717, 1.165) is 23.7 Å². The van der Waals surface area contributed by atoms with Crippen molar-refractivity contribution in [2.24, 2.45) is 29.1 Å². The van der Waals surface area contributed by atoms with Crippen LogP contribution in [0.5, 0.6) is 0 Å². The summed E-state index contributed by atoms with van der Waals surface area (Å²) in [5, 5.41) is 0. The quantitative estimate of drug-likeness (QED) is 0.484. The van der Waals surface area contributed by atoms with E-state index >= 15 is 0 Å². The Morgan fingerprint density at radius 1 is 1.23 bits per heavy atom. The molecule has 0 aromatic rings. The number of allylic oxidation sites excluding steroid dienone is 5. The van der Waals surface area contributed by atoms with Crippen LogP contribution in [-0.2, 0) is 0 Å². The van der Waals surface area contributed by atoms with Crippen molar-refractivity contribution < 1.29 is 0 Å². The number of fused-ring (bicyclic) bond motifs is 1. The fraction of sp³-hybridized carbons (Fsp3) is 0.727. The zero-order valence-electron chi connectivity index (χ0n) is 15.7. The van der Waals surface area contributed by atoms with Gasteiger partial charge in [-0.05, 0) is 75.0 Å². The molecule has 3 atom stereocenters. The second-order valence-electron chi connectivity index (χ2n) is 8.77. The van der Waals surface area contributed by atoms with Crippen LogP contribution in [-0.4, -0.2) is 0 Å². The van der Waals surface area contributed by atoms with E-state index in [1.54, 1.807) is 11.1 Å². The molecule has 0 aromatic heterocycles. The molecule has 0 saturated heterocycles. The zero-order valence-corrected chi connectivity index (χ0v) is 15.7. The molecule has 0 heteroatoms. The van der Waals surface area contributed by atoms with Gasteiger partial charge in [-0.15, -0.1) is 0 Å². The first kappa shape index (κ1) is 17.6. The maximum absolute atomic E-state index is 3.97. The van der Waals surface area contributed by atoms with Crippen LogP contribution < -0.4 is 0 Å². The lowest BCUT2D eigenvalue weighted by Gasteiger charge is -2.57. The molecule has 0 spiro atoms. The largest absolute Gasteiger partial charge is 0.0998 e. The van der Waals surface area contributed by atoms with Crippen LogP contribution >= 0.6 is 0 Å². The Kier molecular flexibility index (Phi) is 5.41. The van der Waals surface area contributed by atoms with Gasteiger partial charge < -0.3 is 0 Å². The van der Waals surface area contributed by atoms with Crippen LogP contribution in [0.1, 0.15) is 73.6 Å². The standard InChI is InChI=1S/C12H20.C10H16/c1-8(2)10-6-5-9-7-11(10)12(9,3)4;1-8(2)10-6-4-9(3)5-7-10/h6,8-9,11H,5,7H2,1-4H3;4,10H,1,5-7H2,2-3H3. The normalized spacial score (nSPS) is 32.2. The van der Waals surface area contributed by atoms with E-state index in [2.05, 4.69) is 60.3 Å². The molecule has 0 aromatic carbocycles. The first-order valence-electron chi connectivity index (χ1n) is 9.24. The molecule has 0 amide bonds. The van der Waals surface area contributed by atoms with Crippen molar-refractivity contribution >= 4 is 0 Å². The lowest BCUT2D eigenvalue weighted by molar-refractivity contribution is -0.0116. The van der Waals surface area contributed by atoms with Gasteiger partial charge in [-0.25, -0.2) is 0 Å². The lowest BCUT2D eigenvalue weighted by atomic mass is 9.48. The van der Waals surface area contributed by atoms with Gasteiger partial charge in [0.2, 0.25) is 0 Å². The third-order valence-corrected chi connectivity index (χ3v) is 6.51. The minimum Gasteiger partial charge on any atom is -0.0998 e. The fourth-order valence-electron chi connectivity index (χ4n) is 4.45. The molecule has 124 valence electrons. The van der Waals surface area contributed by atoms with Crippen molar-refractivity contribution in [1.29, 1.82) is 0 Å². The Hall–Kier alpha value is -0.780. The predicted octanol–water partition coefficient (Wildman–Crippen LogP) is 6.94. The Labute approximate surface area is 138 Å². The van der Waals surface area contributed by atoms with Crippen LogP contribution in [0.3, 0.4) is 0 Å². The summed E-state index contributed by atoms with van der Waals surface area (Å²) in [5.41, 5.74) is 5.26. The first-order chi connectivity index (χ1) is 10.2. The van der Waals surface area contributed by atoms with E-state index in [1.165, 1.54) is 37.7 Å². The molecular formula is C22H36. The van der Waals surface area contributed by atoms with Crippen molar-refractivity contribution in [2.45, 2.75) is 73.6 Å². The molecule has 1 fully saturated rings. The molecule has 0 nitrogen and oxygen atoms in total. The van der Waals surface area contributed by atoms with Crippen LogP contribution in [0, 0.1) is 29.1 Å². The highest BCUT2D eigenvalue weighted by Crippen LogP contribution is 2.60. The monoisotopic (exact) mass is 300 g/mol. The van der Waals surface area contributed by atoms with Crippen molar-refractivity contribution in [3.05, 3.63) is 35.5 Å². The average molecular weight is 301 g/mol. The number of hydrogen-bond donors (Lipinski definition) is 0. The van der Waals surface area contributed by atoms with E-state index < -0.39 is 0 Å². The van der Waals surface area contributed by atoms with Gasteiger partial charge in [-0.3, -0.25) is 0 Å². The Bertz CT molecular complexity index is 472. The Balaban J connectivity index is 0.000000164. The fourth-order valence-corrected chi connectivity index (χ4v) is 4.45. The molecule has 0 heterocycles. The summed E-state index contributed by atoms with van der Waals surface area (Å²) >= 11 is 0. The summed E-state index contributed by atoms with van der Waals surface area (Å²) < 4.78 is 0. The molecule has 0 radical (unpaired) electrons. The van der Waals surface area contributed by atoms with Gasteiger partial charge in [0.25, 0.3) is 0 Å². The van der Waals surface area contributed by atoms with Crippen LogP contribution in [0.2, 0.25) is 0 Å². The smallest absolute Gasteiger partial charge is 0.0144 e. The molecule has 4 aliphatic rings. The molecule has 2 bridgehead atoms. The maximum Gasteiger partial charge on any atom is -0.0144 e. The summed E-state index contributed by atoms with van der Waals surface area (Å²) in [7, 11) is 0. The lowest BCUT2D eigenvalue weighted by Crippen LogP contribution is -2.48. The minimum atomic E-state index is 0.619. The van der Waals surface area contributed by atoms with Gasteiger partial charge in [0, 0.05) is 0 Å². The molecule has 4 rings (SSSR count). The second kappa shape index (κ2) is 6.77. The van der Waals surface area contributed by atoms with Gasteiger partial charge in [-0.1, -0.05) is 63.1 Å². The van der Waals surface area contributed by atoms with E-state index in [4.69, 9.17) is 0 Å². The highest BCUT2D eigenvalue weighted by molar-refractivity contribution is 5.24. The van der Waals surface area contributed by atoms with Gasteiger partial charge in [0.15, 0.2) is 0 Å². The van der Waals surface area contributed by atoms with Crippen LogP contribution in [0.15, 0.2) is 35.5 Å². The summed E-state index contributed by atoms with van der Waals surface area (Å²) in [6, 6.07) is 0. The molecule has 22 heavy (non-hydrogen) atoms. The van der Waals surface area contributed by atoms with E-state index in [0.29, 0.717) is 5.41 Å². The molecule has 3 unspecified atom stereocenters. The van der Waals surface area contributed by atoms with E-state index in [1.807, 2.05) is 0 Å².